The minimum atomic E-state index is -0.843. The first kappa shape index (κ1) is 19.1. The molecule has 0 amide bonds. The zero-order valence-corrected chi connectivity index (χ0v) is 16.5. The van der Waals surface area contributed by atoms with Crippen LogP contribution in [0.2, 0.25) is 5.02 Å². The van der Waals surface area contributed by atoms with Crippen molar-refractivity contribution in [2.24, 2.45) is 0 Å². The molecule has 1 unspecified atom stereocenters. The molecule has 1 atom stereocenters. The smallest absolute Gasteiger partial charge is 0.238 e. The number of halogens is 1. The van der Waals surface area contributed by atoms with E-state index in [-0.39, 0.29) is 0 Å². The van der Waals surface area contributed by atoms with Crippen LogP contribution < -0.4 is 4.74 Å². The first-order chi connectivity index (χ1) is 13.7. The molecular formula is C23H24ClNO3. The molecule has 1 fully saturated rings. The molecule has 146 valence electrons. The van der Waals surface area contributed by atoms with Crippen molar-refractivity contribution < 1.29 is 14.2 Å². The average Bonchev–Trinajstić information content (AvgIpc) is 2.94. The Bertz CT molecular complexity index is 835. The molecule has 0 aliphatic carbocycles. The third-order valence-corrected chi connectivity index (χ3v) is 5.30. The van der Waals surface area contributed by atoms with Gasteiger partial charge in [-0.3, -0.25) is 4.90 Å². The molecule has 0 bridgehead atoms. The summed E-state index contributed by atoms with van der Waals surface area (Å²) in [6, 6.07) is 17.9. The molecular weight excluding hydrogens is 374 g/mol. The quantitative estimate of drug-likeness (QED) is 0.724. The molecule has 0 spiro atoms. The number of rotatable bonds is 5. The Balaban J connectivity index is 1.54. The lowest BCUT2D eigenvalue weighted by Gasteiger charge is -2.35. The zero-order valence-electron chi connectivity index (χ0n) is 15.7. The highest BCUT2D eigenvalue weighted by Crippen LogP contribution is 2.34. The SMILES string of the molecule is Clc1ccc(OC2(C3=CC=COC3)CCN(Cc3ccccc3)CCO2)cc1. The molecule has 4 rings (SSSR count). The van der Waals surface area contributed by atoms with Gasteiger partial charge in [-0.15, -0.1) is 0 Å². The van der Waals surface area contributed by atoms with Gasteiger partial charge in [0.2, 0.25) is 5.79 Å². The first-order valence-corrected chi connectivity index (χ1v) is 9.94. The second kappa shape index (κ2) is 8.82. The van der Waals surface area contributed by atoms with E-state index in [0.717, 1.165) is 31.0 Å². The fourth-order valence-electron chi connectivity index (χ4n) is 3.55. The minimum absolute atomic E-state index is 0.461. The van der Waals surface area contributed by atoms with Crippen molar-refractivity contribution in [1.29, 1.82) is 0 Å². The summed E-state index contributed by atoms with van der Waals surface area (Å²) in [7, 11) is 0. The van der Waals surface area contributed by atoms with Gasteiger partial charge in [0.25, 0.3) is 0 Å². The van der Waals surface area contributed by atoms with Gasteiger partial charge in [-0.1, -0.05) is 48.0 Å². The lowest BCUT2D eigenvalue weighted by molar-refractivity contribution is -0.154. The van der Waals surface area contributed by atoms with Gasteiger partial charge in [0.1, 0.15) is 12.4 Å². The molecule has 2 heterocycles. The van der Waals surface area contributed by atoms with Gasteiger partial charge in [-0.05, 0) is 35.9 Å². The summed E-state index contributed by atoms with van der Waals surface area (Å²) in [5.74, 6) is -0.110. The maximum Gasteiger partial charge on any atom is 0.238 e. The Labute approximate surface area is 171 Å². The van der Waals surface area contributed by atoms with E-state index in [4.69, 9.17) is 25.8 Å². The monoisotopic (exact) mass is 397 g/mol. The highest BCUT2D eigenvalue weighted by Gasteiger charge is 2.40. The predicted molar refractivity (Wildman–Crippen MR) is 110 cm³/mol. The first-order valence-electron chi connectivity index (χ1n) is 9.56. The molecule has 0 radical (unpaired) electrons. The second-order valence-electron chi connectivity index (χ2n) is 7.00. The molecule has 2 aliphatic heterocycles. The van der Waals surface area contributed by atoms with Crippen LogP contribution in [0.1, 0.15) is 12.0 Å². The van der Waals surface area contributed by atoms with E-state index in [9.17, 15) is 0 Å². The third-order valence-electron chi connectivity index (χ3n) is 5.05. The molecule has 2 aromatic carbocycles. The largest absolute Gasteiger partial charge is 0.497 e. The zero-order chi connectivity index (χ0) is 19.2. The number of ether oxygens (including phenoxy) is 3. The molecule has 0 N–H and O–H groups in total. The van der Waals surface area contributed by atoms with Crippen LogP contribution in [-0.4, -0.2) is 37.0 Å². The van der Waals surface area contributed by atoms with E-state index in [0.29, 0.717) is 24.7 Å². The molecule has 1 saturated heterocycles. The number of nitrogens with zero attached hydrogens (tertiary/aromatic N) is 1. The normalized spacial score (nSPS) is 22.8. The third kappa shape index (κ3) is 4.58. The Hall–Kier alpha value is -2.27. The van der Waals surface area contributed by atoms with Crippen molar-refractivity contribution in [1.82, 2.24) is 4.90 Å². The highest BCUT2D eigenvalue weighted by atomic mass is 35.5. The molecule has 28 heavy (non-hydrogen) atoms. The second-order valence-corrected chi connectivity index (χ2v) is 7.44. The lowest BCUT2D eigenvalue weighted by atomic mass is 10.0. The topological polar surface area (TPSA) is 30.9 Å². The molecule has 5 heteroatoms. The molecule has 2 aliphatic rings. The van der Waals surface area contributed by atoms with Gasteiger partial charge in [0.05, 0.1) is 12.9 Å². The van der Waals surface area contributed by atoms with Gasteiger partial charge in [0, 0.05) is 36.7 Å². The van der Waals surface area contributed by atoms with Crippen molar-refractivity contribution in [3.63, 3.8) is 0 Å². The number of hydrogen-bond acceptors (Lipinski definition) is 4. The highest BCUT2D eigenvalue weighted by molar-refractivity contribution is 6.30. The summed E-state index contributed by atoms with van der Waals surface area (Å²) in [6.45, 7) is 3.66. The molecule has 2 aromatic rings. The lowest BCUT2D eigenvalue weighted by Crippen LogP contribution is -2.43. The maximum atomic E-state index is 6.43. The molecule has 0 aromatic heterocycles. The number of hydrogen-bond donors (Lipinski definition) is 0. The van der Waals surface area contributed by atoms with Crippen molar-refractivity contribution in [3.05, 3.63) is 89.2 Å². The van der Waals surface area contributed by atoms with Crippen LogP contribution in [0.3, 0.4) is 0 Å². The Morgan fingerprint density at radius 3 is 2.61 bits per heavy atom. The van der Waals surface area contributed by atoms with Gasteiger partial charge < -0.3 is 14.2 Å². The van der Waals surface area contributed by atoms with Crippen LogP contribution in [0.25, 0.3) is 0 Å². The van der Waals surface area contributed by atoms with E-state index >= 15 is 0 Å². The van der Waals surface area contributed by atoms with Crippen LogP contribution in [0.4, 0.5) is 0 Å². The van der Waals surface area contributed by atoms with Crippen molar-refractivity contribution in [2.75, 3.05) is 26.3 Å². The van der Waals surface area contributed by atoms with Crippen LogP contribution in [0.5, 0.6) is 5.75 Å². The van der Waals surface area contributed by atoms with Gasteiger partial charge in [-0.2, -0.15) is 0 Å². The summed E-state index contributed by atoms with van der Waals surface area (Å²) in [4.78, 5) is 2.41. The standard InChI is InChI=1S/C23H24ClNO3/c24-21-8-10-22(11-9-21)28-23(20-7-4-15-26-18-20)12-13-25(14-16-27-23)17-19-5-2-1-3-6-19/h1-11,15H,12-14,16-18H2. The molecule has 0 saturated carbocycles. The van der Waals surface area contributed by atoms with Crippen LogP contribution in [0.15, 0.2) is 78.6 Å². The van der Waals surface area contributed by atoms with Crippen molar-refractivity contribution in [2.45, 2.75) is 18.8 Å². The fourth-order valence-corrected chi connectivity index (χ4v) is 3.68. The average molecular weight is 398 g/mol. The van der Waals surface area contributed by atoms with Gasteiger partial charge in [-0.25, -0.2) is 0 Å². The summed E-state index contributed by atoms with van der Waals surface area (Å²) in [6.07, 6.45) is 6.33. The van der Waals surface area contributed by atoms with E-state index < -0.39 is 5.79 Å². The Morgan fingerprint density at radius 1 is 1.04 bits per heavy atom. The summed E-state index contributed by atoms with van der Waals surface area (Å²) in [5, 5.41) is 0.681. The van der Waals surface area contributed by atoms with Crippen molar-refractivity contribution >= 4 is 11.6 Å². The van der Waals surface area contributed by atoms with Gasteiger partial charge in [0.15, 0.2) is 0 Å². The maximum absolute atomic E-state index is 6.43. The van der Waals surface area contributed by atoms with Crippen LogP contribution in [-0.2, 0) is 16.0 Å². The molecule has 4 nitrogen and oxygen atoms in total. The van der Waals surface area contributed by atoms with E-state index in [2.05, 4.69) is 29.2 Å². The summed E-state index contributed by atoms with van der Waals surface area (Å²) < 4.78 is 18.3. The Kier molecular flexibility index (Phi) is 6.01. The Morgan fingerprint density at radius 2 is 1.86 bits per heavy atom. The van der Waals surface area contributed by atoms with E-state index in [1.165, 1.54) is 5.56 Å². The number of benzene rings is 2. The number of allylic oxidation sites excluding steroid dienone is 2. The van der Waals surface area contributed by atoms with E-state index in [1.807, 2.05) is 42.5 Å². The predicted octanol–water partition coefficient (Wildman–Crippen LogP) is 4.81. The summed E-state index contributed by atoms with van der Waals surface area (Å²) in [5.41, 5.74) is 2.29. The summed E-state index contributed by atoms with van der Waals surface area (Å²) >= 11 is 6.03. The van der Waals surface area contributed by atoms with Gasteiger partial charge >= 0.3 is 0 Å². The van der Waals surface area contributed by atoms with E-state index in [1.54, 1.807) is 6.26 Å². The fraction of sp³-hybridized carbons (Fsp3) is 0.304. The van der Waals surface area contributed by atoms with Crippen LogP contribution >= 0.6 is 11.6 Å². The van der Waals surface area contributed by atoms with Crippen LogP contribution in [0, 0.1) is 0 Å². The van der Waals surface area contributed by atoms with Crippen molar-refractivity contribution in [3.8, 4) is 5.75 Å². The minimum Gasteiger partial charge on any atom is -0.497 e.